The minimum Gasteiger partial charge on any atom is -0.294 e. The third kappa shape index (κ3) is 3.32. The molecule has 2 aromatic rings. The molecule has 0 saturated heterocycles. The fraction of sp³-hybridized carbons (Fsp3) is 0.0833. The number of halogens is 3. The third-order valence-corrected chi connectivity index (χ3v) is 4.67. The van der Waals surface area contributed by atoms with Gasteiger partial charge in [-0.05, 0) is 40.2 Å². The Bertz CT molecular complexity index is 565. The van der Waals surface area contributed by atoms with Crippen molar-refractivity contribution in [2.24, 2.45) is 0 Å². The monoisotopic (exact) mass is 348 g/mol. The van der Waals surface area contributed by atoms with Gasteiger partial charge in [-0.1, -0.05) is 29.3 Å². The van der Waals surface area contributed by atoms with Crippen LogP contribution in [-0.2, 0) is 6.42 Å². The quantitative estimate of drug-likeness (QED) is 0.692. The normalized spacial score (nSPS) is 10.5. The maximum absolute atomic E-state index is 12.0. The molecule has 17 heavy (non-hydrogen) atoms. The van der Waals surface area contributed by atoms with Gasteiger partial charge in [0.15, 0.2) is 5.78 Å². The number of carbonyl (C=O) groups is 1. The predicted molar refractivity (Wildman–Crippen MR) is 76.5 cm³/mol. The number of hydrogen-bond acceptors (Lipinski definition) is 2. The minimum atomic E-state index is 0.0397. The fourth-order valence-corrected chi connectivity index (χ4v) is 2.89. The Morgan fingerprint density at radius 1 is 1.24 bits per heavy atom. The van der Waals surface area contributed by atoms with E-state index in [2.05, 4.69) is 15.9 Å². The zero-order chi connectivity index (χ0) is 12.4. The number of benzene rings is 1. The Balaban J connectivity index is 2.17. The van der Waals surface area contributed by atoms with Gasteiger partial charge in [0.2, 0.25) is 0 Å². The van der Waals surface area contributed by atoms with Crippen molar-refractivity contribution in [2.45, 2.75) is 6.42 Å². The lowest BCUT2D eigenvalue weighted by molar-refractivity contribution is 0.0994. The number of carbonyl (C=O) groups excluding carboxylic acids is 1. The average Bonchev–Trinajstić information content (AvgIpc) is 2.68. The highest BCUT2D eigenvalue weighted by atomic mass is 79.9. The van der Waals surface area contributed by atoms with Crippen molar-refractivity contribution in [2.75, 3.05) is 0 Å². The van der Waals surface area contributed by atoms with Crippen molar-refractivity contribution >= 4 is 56.3 Å². The van der Waals surface area contributed by atoms with Gasteiger partial charge in [0.1, 0.15) is 0 Å². The van der Waals surface area contributed by atoms with Gasteiger partial charge in [0, 0.05) is 21.3 Å². The van der Waals surface area contributed by atoms with Crippen LogP contribution in [0.4, 0.5) is 0 Å². The predicted octanol–water partition coefficient (Wildman–Crippen LogP) is 5.24. The van der Waals surface area contributed by atoms with E-state index < -0.39 is 0 Å². The maximum Gasteiger partial charge on any atom is 0.168 e. The Morgan fingerprint density at radius 2 is 2.00 bits per heavy atom. The molecule has 0 unspecified atom stereocenters. The molecular weight excluding hydrogens is 343 g/mol. The lowest BCUT2D eigenvalue weighted by Gasteiger charge is -2.01. The Morgan fingerprint density at radius 3 is 2.59 bits per heavy atom. The van der Waals surface area contributed by atoms with Gasteiger partial charge in [-0.3, -0.25) is 4.79 Å². The van der Waals surface area contributed by atoms with Crippen molar-refractivity contribution in [3.05, 3.63) is 54.6 Å². The van der Waals surface area contributed by atoms with Gasteiger partial charge in [-0.25, -0.2) is 0 Å². The Kier molecular flexibility index (Phi) is 4.26. The average molecular weight is 350 g/mol. The molecule has 2 rings (SSSR count). The van der Waals surface area contributed by atoms with Crippen molar-refractivity contribution < 1.29 is 4.79 Å². The largest absolute Gasteiger partial charge is 0.294 e. The van der Waals surface area contributed by atoms with Crippen LogP contribution in [-0.4, -0.2) is 5.78 Å². The number of hydrogen-bond donors (Lipinski definition) is 0. The summed E-state index contributed by atoms with van der Waals surface area (Å²) in [5.41, 5.74) is 0.614. The van der Waals surface area contributed by atoms with Gasteiger partial charge < -0.3 is 0 Å². The molecule has 0 aliphatic carbocycles. The molecule has 0 atom stereocenters. The summed E-state index contributed by atoms with van der Waals surface area (Å²) < 4.78 is 1.48. The van der Waals surface area contributed by atoms with Crippen molar-refractivity contribution in [3.8, 4) is 0 Å². The van der Waals surface area contributed by atoms with Gasteiger partial charge in [-0.2, -0.15) is 0 Å². The molecule has 5 heteroatoms. The van der Waals surface area contributed by atoms with Crippen LogP contribution in [0.1, 0.15) is 15.2 Å². The van der Waals surface area contributed by atoms with Crippen molar-refractivity contribution in [1.82, 2.24) is 0 Å². The Labute approximate surface area is 121 Å². The summed E-state index contributed by atoms with van der Waals surface area (Å²) in [6.45, 7) is 0. The van der Waals surface area contributed by atoms with Crippen LogP contribution in [0, 0.1) is 0 Å². The standard InChI is InChI=1S/C12H7BrCl2OS/c13-9-3-1-7(5-10(9)14)11(16)6-8-2-4-12(15)17-8/h1-5H,6H2. The van der Waals surface area contributed by atoms with Gasteiger partial charge >= 0.3 is 0 Å². The smallest absolute Gasteiger partial charge is 0.168 e. The number of Topliss-reactive ketones (excluding diaryl/α,β-unsaturated/α-hetero) is 1. The molecule has 0 bridgehead atoms. The topological polar surface area (TPSA) is 17.1 Å². The molecular formula is C12H7BrCl2OS. The minimum absolute atomic E-state index is 0.0397. The summed E-state index contributed by atoms with van der Waals surface area (Å²) in [4.78, 5) is 12.9. The highest BCUT2D eigenvalue weighted by Gasteiger charge is 2.10. The molecule has 88 valence electrons. The van der Waals surface area contributed by atoms with E-state index in [1.807, 2.05) is 6.07 Å². The van der Waals surface area contributed by atoms with E-state index in [0.29, 0.717) is 21.3 Å². The van der Waals surface area contributed by atoms with E-state index in [1.165, 1.54) is 11.3 Å². The van der Waals surface area contributed by atoms with Crippen LogP contribution in [0.5, 0.6) is 0 Å². The number of thiophene rings is 1. The number of ketones is 1. The third-order valence-electron chi connectivity index (χ3n) is 2.21. The zero-order valence-corrected chi connectivity index (χ0v) is 12.5. The molecule has 0 amide bonds. The highest BCUT2D eigenvalue weighted by molar-refractivity contribution is 9.10. The van der Waals surface area contributed by atoms with Crippen LogP contribution in [0.15, 0.2) is 34.8 Å². The van der Waals surface area contributed by atoms with Gasteiger partial charge in [-0.15, -0.1) is 11.3 Å². The number of rotatable bonds is 3. The SMILES string of the molecule is O=C(Cc1ccc(Cl)s1)c1ccc(Br)c(Cl)c1. The molecule has 0 spiro atoms. The molecule has 1 nitrogen and oxygen atoms in total. The summed E-state index contributed by atoms with van der Waals surface area (Å²) >= 11 is 16.5. The van der Waals surface area contributed by atoms with E-state index in [0.717, 1.165) is 9.35 Å². The molecule has 1 heterocycles. The van der Waals surface area contributed by atoms with Crippen LogP contribution in [0.2, 0.25) is 9.36 Å². The first-order valence-corrected chi connectivity index (χ1v) is 7.15. The summed E-state index contributed by atoms with van der Waals surface area (Å²) in [5.74, 6) is 0.0397. The molecule has 0 aliphatic heterocycles. The summed E-state index contributed by atoms with van der Waals surface area (Å²) in [5, 5.41) is 0.542. The van der Waals surface area contributed by atoms with Gasteiger partial charge in [0.25, 0.3) is 0 Å². The summed E-state index contributed by atoms with van der Waals surface area (Å²) in [6, 6.07) is 8.86. The van der Waals surface area contributed by atoms with E-state index in [4.69, 9.17) is 23.2 Å². The molecule has 1 aromatic heterocycles. The molecule has 0 fully saturated rings. The van der Waals surface area contributed by atoms with Crippen LogP contribution in [0.3, 0.4) is 0 Å². The van der Waals surface area contributed by atoms with E-state index >= 15 is 0 Å². The van der Waals surface area contributed by atoms with E-state index in [9.17, 15) is 4.79 Å². The van der Waals surface area contributed by atoms with Crippen LogP contribution in [0.25, 0.3) is 0 Å². The summed E-state index contributed by atoms with van der Waals surface area (Å²) in [7, 11) is 0. The zero-order valence-electron chi connectivity index (χ0n) is 8.54. The second-order valence-electron chi connectivity index (χ2n) is 3.43. The molecule has 1 aromatic carbocycles. The summed E-state index contributed by atoms with van der Waals surface area (Å²) in [6.07, 6.45) is 0.356. The van der Waals surface area contributed by atoms with Crippen LogP contribution < -0.4 is 0 Å². The molecule has 0 N–H and O–H groups in total. The first-order chi connectivity index (χ1) is 8.06. The van der Waals surface area contributed by atoms with E-state index in [-0.39, 0.29) is 5.78 Å². The molecule has 0 aliphatic rings. The van der Waals surface area contributed by atoms with Gasteiger partial charge in [0.05, 0.1) is 9.36 Å². The maximum atomic E-state index is 12.0. The first kappa shape index (κ1) is 13.1. The van der Waals surface area contributed by atoms with Crippen molar-refractivity contribution in [1.29, 1.82) is 0 Å². The fourth-order valence-electron chi connectivity index (χ4n) is 1.38. The highest BCUT2D eigenvalue weighted by Crippen LogP contribution is 2.26. The Hall–Kier alpha value is -0.350. The first-order valence-electron chi connectivity index (χ1n) is 4.79. The second-order valence-corrected chi connectivity index (χ2v) is 6.50. The van der Waals surface area contributed by atoms with Crippen molar-refractivity contribution in [3.63, 3.8) is 0 Å². The molecule has 0 radical (unpaired) electrons. The second kappa shape index (κ2) is 5.53. The van der Waals surface area contributed by atoms with Crippen LogP contribution >= 0.6 is 50.5 Å². The lowest BCUT2D eigenvalue weighted by atomic mass is 10.1. The lowest BCUT2D eigenvalue weighted by Crippen LogP contribution is -2.01. The van der Waals surface area contributed by atoms with E-state index in [1.54, 1.807) is 24.3 Å². The molecule has 0 saturated carbocycles.